The number of rotatable bonds is 3. The first-order valence-electron chi connectivity index (χ1n) is 6.42. The van der Waals surface area contributed by atoms with Gasteiger partial charge in [-0.05, 0) is 43.5 Å². The first-order chi connectivity index (χ1) is 8.29. The van der Waals surface area contributed by atoms with Crippen LogP contribution in [0.1, 0.15) is 32.1 Å². The molecule has 0 aromatic heterocycles. The highest BCUT2D eigenvalue weighted by molar-refractivity contribution is 8.00. The lowest BCUT2D eigenvalue weighted by molar-refractivity contribution is 0.483. The van der Waals surface area contributed by atoms with Crippen LogP contribution >= 0.6 is 23.4 Å². The van der Waals surface area contributed by atoms with Gasteiger partial charge in [-0.25, -0.2) is 0 Å². The Hall–Kier alpha value is -0.180. The number of benzene rings is 1. The van der Waals surface area contributed by atoms with Crippen molar-refractivity contribution in [1.29, 1.82) is 0 Å². The van der Waals surface area contributed by atoms with E-state index in [9.17, 15) is 0 Å². The van der Waals surface area contributed by atoms with Crippen molar-refractivity contribution >= 4 is 23.4 Å². The van der Waals surface area contributed by atoms with Crippen LogP contribution in [0.5, 0.6) is 0 Å². The van der Waals surface area contributed by atoms with E-state index in [1.54, 1.807) is 0 Å². The average molecular weight is 270 g/mol. The summed E-state index contributed by atoms with van der Waals surface area (Å²) in [6, 6.07) is 8.16. The smallest absolute Gasteiger partial charge is 0.0417 e. The lowest BCUT2D eigenvalue weighted by Crippen LogP contribution is -2.24. The van der Waals surface area contributed by atoms with E-state index in [1.807, 2.05) is 23.9 Å². The molecule has 1 aliphatic carbocycles. The Balaban J connectivity index is 2.04. The quantitative estimate of drug-likeness (QED) is 0.826. The van der Waals surface area contributed by atoms with Crippen molar-refractivity contribution < 1.29 is 0 Å². The summed E-state index contributed by atoms with van der Waals surface area (Å²) < 4.78 is 0. The van der Waals surface area contributed by atoms with Crippen LogP contribution in [0.4, 0.5) is 0 Å². The summed E-state index contributed by atoms with van der Waals surface area (Å²) in [7, 11) is 0. The summed E-state index contributed by atoms with van der Waals surface area (Å²) in [4.78, 5) is 1.28. The van der Waals surface area contributed by atoms with Crippen LogP contribution in [-0.4, -0.2) is 11.8 Å². The Labute approximate surface area is 113 Å². The van der Waals surface area contributed by atoms with E-state index >= 15 is 0 Å². The van der Waals surface area contributed by atoms with Crippen LogP contribution in [-0.2, 0) is 0 Å². The van der Waals surface area contributed by atoms with Gasteiger partial charge < -0.3 is 5.73 Å². The van der Waals surface area contributed by atoms with Crippen molar-refractivity contribution in [2.45, 2.75) is 42.2 Å². The van der Waals surface area contributed by atoms with E-state index in [-0.39, 0.29) is 0 Å². The number of thioether (sulfide) groups is 1. The van der Waals surface area contributed by atoms with E-state index in [2.05, 4.69) is 12.1 Å². The van der Waals surface area contributed by atoms with Gasteiger partial charge in [-0.3, -0.25) is 0 Å². The molecule has 0 bridgehead atoms. The third-order valence-corrected chi connectivity index (χ3v) is 5.16. The molecule has 2 rings (SSSR count). The summed E-state index contributed by atoms with van der Waals surface area (Å²) in [5, 5.41) is 1.49. The number of hydrogen-bond donors (Lipinski definition) is 1. The average Bonchev–Trinajstić information content (AvgIpc) is 2.54. The zero-order chi connectivity index (χ0) is 12.1. The van der Waals surface area contributed by atoms with Crippen molar-refractivity contribution in [2.24, 2.45) is 11.7 Å². The summed E-state index contributed by atoms with van der Waals surface area (Å²) in [6.07, 6.45) is 6.63. The zero-order valence-corrected chi connectivity index (χ0v) is 11.6. The van der Waals surface area contributed by atoms with Gasteiger partial charge in [0.2, 0.25) is 0 Å². The van der Waals surface area contributed by atoms with Gasteiger partial charge >= 0.3 is 0 Å². The third kappa shape index (κ3) is 3.90. The maximum absolute atomic E-state index is 6.03. The topological polar surface area (TPSA) is 26.0 Å². The SMILES string of the molecule is NCC1CCCCCC1Sc1cccc(Cl)c1. The maximum Gasteiger partial charge on any atom is 0.0417 e. The first kappa shape index (κ1) is 13.3. The molecule has 0 saturated heterocycles. The molecule has 1 aromatic carbocycles. The Bertz CT molecular complexity index is 356. The van der Waals surface area contributed by atoms with E-state index in [4.69, 9.17) is 17.3 Å². The van der Waals surface area contributed by atoms with Crippen molar-refractivity contribution in [1.82, 2.24) is 0 Å². The minimum absolute atomic E-state index is 0.668. The van der Waals surface area contributed by atoms with Crippen LogP contribution in [0.15, 0.2) is 29.2 Å². The van der Waals surface area contributed by atoms with Gasteiger partial charge in [0.05, 0.1) is 0 Å². The van der Waals surface area contributed by atoms with Gasteiger partial charge in [0.25, 0.3) is 0 Å². The lowest BCUT2D eigenvalue weighted by Gasteiger charge is -2.23. The molecule has 0 aliphatic heterocycles. The summed E-state index contributed by atoms with van der Waals surface area (Å²) in [5.41, 5.74) is 5.91. The van der Waals surface area contributed by atoms with Gasteiger partial charge in [-0.2, -0.15) is 0 Å². The van der Waals surface area contributed by atoms with Gasteiger partial charge in [-0.1, -0.05) is 36.9 Å². The minimum Gasteiger partial charge on any atom is -0.330 e. The Morgan fingerprint density at radius 3 is 2.82 bits per heavy atom. The molecule has 2 unspecified atom stereocenters. The summed E-state index contributed by atoms with van der Waals surface area (Å²) in [6.45, 7) is 0.818. The fraction of sp³-hybridized carbons (Fsp3) is 0.571. The molecule has 3 heteroatoms. The van der Waals surface area contributed by atoms with Crippen molar-refractivity contribution in [2.75, 3.05) is 6.54 Å². The normalized spacial score (nSPS) is 25.5. The van der Waals surface area contributed by atoms with E-state index in [0.717, 1.165) is 11.6 Å². The highest BCUT2D eigenvalue weighted by Crippen LogP contribution is 2.36. The fourth-order valence-electron chi connectivity index (χ4n) is 2.49. The second-order valence-corrected chi connectivity index (χ2v) is 6.50. The Morgan fingerprint density at radius 1 is 1.24 bits per heavy atom. The summed E-state index contributed by atoms with van der Waals surface area (Å²) in [5.74, 6) is 0.668. The van der Waals surface area contributed by atoms with Crippen LogP contribution in [0.2, 0.25) is 5.02 Å². The molecule has 94 valence electrons. The highest BCUT2D eigenvalue weighted by atomic mass is 35.5. The number of nitrogens with two attached hydrogens (primary N) is 1. The molecule has 1 fully saturated rings. The van der Waals surface area contributed by atoms with Crippen molar-refractivity contribution in [3.63, 3.8) is 0 Å². The van der Waals surface area contributed by atoms with Gasteiger partial charge in [0.15, 0.2) is 0 Å². The summed E-state index contributed by atoms with van der Waals surface area (Å²) >= 11 is 7.99. The number of halogens is 1. The number of hydrogen-bond acceptors (Lipinski definition) is 2. The zero-order valence-electron chi connectivity index (χ0n) is 10.1. The fourth-order valence-corrected chi connectivity index (χ4v) is 4.17. The standard InChI is InChI=1S/C14H20ClNS/c15-12-6-4-7-13(9-12)17-14-8-3-1-2-5-11(14)10-16/h4,6-7,9,11,14H,1-3,5,8,10,16H2. The van der Waals surface area contributed by atoms with E-state index in [0.29, 0.717) is 11.2 Å². The van der Waals surface area contributed by atoms with Crippen molar-refractivity contribution in [3.8, 4) is 0 Å². The molecular weight excluding hydrogens is 250 g/mol. The van der Waals surface area contributed by atoms with E-state index in [1.165, 1.54) is 37.0 Å². The molecule has 1 nitrogen and oxygen atoms in total. The van der Waals surface area contributed by atoms with Crippen LogP contribution in [0, 0.1) is 5.92 Å². The Kier molecular flexibility index (Phi) is 5.20. The largest absolute Gasteiger partial charge is 0.330 e. The minimum atomic E-state index is 0.668. The molecule has 0 heterocycles. The van der Waals surface area contributed by atoms with Gasteiger partial charge in [-0.15, -0.1) is 11.8 Å². The Morgan fingerprint density at radius 2 is 2.06 bits per heavy atom. The van der Waals surface area contributed by atoms with E-state index < -0.39 is 0 Å². The van der Waals surface area contributed by atoms with Gasteiger partial charge in [0, 0.05) is 15.2 Å². The van der Waals surface area contributed by atoms with Crippen LogP contribution in [0.25, 0.3) is 0 Å². The molecule has 0 amide bonds. The monoisotopic (exact) mass is 269 g/mol. The third-order valence-electron chi connectivity index (χ3n) is 3.48. The molecule has 2 atom stereocenters. The first-order valence-corrected chi connectivity index (χ1v) is 7.67. The maximum atomic E-state index is 6.03. The molecule has 1 aromatic rings. The molecule has 0 spiro atoms. The highest BCUT2D eigenvalue weighted by Gasteiger charge is 2.23. The molecule has 1 aliphatic rings. The predicted octanol–water partition coefficient (Wildman–Crippen LogP) is 4.34. The van der Waals surface area contributed by atoms with Crippen molar-refractivity contribution in [3.05, 3.63) is 29.3 Å². The molecule has 0 radical (unpaired) electrons. The molecule has 17 heavy (non-hydrogen) atoms. The lowest BCUT2D eigenvalue weighted by atomic mass is 10.0. The van der Waals surface area contributed by atoms with Crippen LogP contribution in [0.3, 0.4) is 0 Å². The predicted molar refractivity (Wildman–Crippen MR) is 76.7 cm³/mol. The molecular formula is C14H20ClNS. The second-order valence-electron chi connectivity index (χ2n) is 4.75. The van der Waals surface area contributed by atoms with Crippen LogP contribution < -0.4 is 5.73 Å². The second kappa shape index (κ2) is 6.67. The molecule has 2 N–H and O–H groups in total. The molecule has 1 saturated carbocycles. The van der Waals surface area contributed by atoms with Gasteiger partial charge in [0.1, 0.15) is 0 Å².